The first-order valence-electron chi connectivity index (χ1n) is 4.32. The number of carbonyl (C=O) groups excluding carboxylic acids is 1. The van der Waals surface area contributed by atoms with Crippen LogP contribution in [0, 0.1) is 0 Å². The van der Waals surface area contributed by atoms with Gasteiger partial charge < -0.3 is 14.4 Å². The lowest BCUT2D eigenvalue weighted by molar-refractivity contribution is -0.166. The number of ether oxygens (including phenoxy) is 2. The number of likely N-dealkylation sites (tertiary alicyclic amines) is 1. The smallest absolute Gasteiger partial charge is 0.258 e. The van der Waals surface area contributed by atoms with Gasteiger partial charge in [0.2, 0.25) is 0 Å². The molecular weight excluding hydrogens is 170 g/mol. The molecule has 0 radical (unpaired) electrons. The van der Waals surface area contributed by atoms with Crippen molar-refractivity contribution in [3.8, 4) is 0 Å². The third kappa shape index (κ3) is 1.26. The maximum absolute atomic E-state index is 11.6. The number of nitrogens with zero attached hydrogens (tertiary/aromatic N) is 1. The normalized spacial score (nSPS) is 36.5. The van der Waals surface area contributed by atoms with E-state index in [0.717, 1.165) is 0 Å². The van der Waals surface area contributed by atoms with Gasteiger partial charge in [-0.05, 0) is 20.0 Å². The Balaban J connectivity index is 2.16. The highest BCUT2D eigenvalue weighted by Crippen LogP contribution is 2.33. The van der Waals surface area contributed by atoms with Crippen LogP contribution in [0.3, 0.4) is 0 Å². The lowest BCUT2D eigenvalue weighted by Gasteiger charge is -2.20. The van der Waals surface area contributed by atoms with Crippen LogP contribution >= 0.6 is 0 Å². The zero-order valence-electron chi connectivity index (χ0n) is 7.82. The maximum Gasteiger partial charge on any atom is 0.258 e. The van der Waals surface area contributed by atoms with Gasteiger partial charge in [0.05, 0.1) is 6.54 Å². The second kappa shape index (κ2) is 2.56. The Kier molecular flexibility index (Phi) is 1.72. The van der Waals surface area contributed by atoms with Crippen LogP contribution in [-0.4, -0.2) is 35.3 Å². The molecule has 1 amide bonds. The Bertz CT molecular complexity index is 262. The summed E-state index contributed by atoms with van der Waals surface area (Å²) in [5.41, 5.74) is 0. The standard InChI is InChI=1S/C9H13NO3/c1-4-10-5-6-7(8(10)11)13-9(2,3)12-6/h4,6-7H,1,5H2,2-3H3/t6-,7-/m0/s1. The molecule has 2 heterocycles. The number of amides is 1. The lowest BCUT2D eigenvalue weighted by atomic mass is 10.3. The van der Waals surface area contributed by atoms with Crippen LogP contribution in [0.1, 0.15) is 13.8 Å². The van der Waals surface area contributed by atoms with Gasteiger partial charge >= 0.3 is 0 Å². The molecule has 4 heteroatoms. The van der Waals surface area contributed by atoms with Gasteiger partial charge in [-0.2, -0.15) is 0 Å². The van der Waals surface area contributed by atoms with Crippen LogP contribution < -0.4 is 0 Å². The van der Waals surface area contributed by atoms with Crippen molar-refractivity contribution in [1.82, 2.24) is 4.90 Å². The van der Waals surface area contributed by atoms with Crippen LogP contribution in [-0.2, 0) is 14.3 Å². The first kappa shape index (κ1) is 8.72. The molecule has 0 saturated carbocycles. The predicted molar refractivity (Wildman–Crippen MR) is 45.7 cm³/mol. The zero-order chi connectivity index (χ0) is 9.64. The van der Waals surface area contributed by atoms with Crippen LogP contribution in [0.5, 0.6) is 0 Å². The van der Waals surface area contributed by atoms with E-state index < -0.39 is 11.9 Å². The fourth-order valence-corrected chi connectivity index (χ4v) is 1.79. The first-order valence-corrected chi connectivity index (χ1v) is 4.32. The Morgan fingerprint density at radius 3 is 2.85 bits per heavy atom. The molecule has 0 aromatic rings. The molecule has 0 aliphatic carbocycles. The quantitative estimate of drug-likeness (QED) is 0.594. The number of fused-ring (bicyclic) bond motifs is 1. The second-order valence-electron chi connectivity index (χ2n) is 3.77. The molecule has 13 heavy (non-hydrogen) atoms. The van der Waals surface area contributed by atoms with Gasteiger partial charge in [-0.25, -0.2) is 0 Å². The van der Waals surface area contributed by atoms with E-state index in [1.807, 2.05) is 13.8 Å². The molecule has 0 aromatic carbocycles. The number of hydrogen-bond acceptors (Lipinski definition) is 3. The minimum Gasteiger partial charge on any atom is -0.342 e. The van der Waals surface area contributed by atoms with E-state index >= 15 is 0 Å². The van der Waals surface area contributed by atoms with Gasteiger partial charge in [0, 0.05) is 0 Å². The van der Waals surface area contributed by atoms with E-state index in [2.05, 4.69) is 6.58 Å². The molecule has 2 rings (SSSR count). The monoisotopic (exact) mass is 183 g/mol. The van der Waals surface area contributed by atoms with Gasteiger partial charge in [-0.3, -0.25) is 4.79 Å². The topological polar surface area (TPSA) is 38.8 Å². The van der Waals surface area contributed by atoms with E-state index in [-0.39, 0.29) is 12.0 Å². The van der Waals surface area contributed by atoms with Crippen molar-refractivity contribution in [2.45, 2.75) is 31.8 Å². The van der Waals surface area contributed by atoms with Gasteiger partial charge in [0.1, 0.15) is 6.10 Å². The van der Waals surface area contributed by atoms with E-state index in [9.17, 15) is 4.79 Å². The van der Waals surface area contributed by atoms with Gasteiger partial charge in [-0.15, -0.1) is 0 Å². The molecule has 72 valence electrons. The van der Waals surface area contributed by atoms with Crippen molar-refractivity contribution < 1.29 is 14.3 Å². The van der Waals surface area contributed by atoms with Gasteiger partial charge in [0.25, 0.3) is 5.91 Å². The fraction of sp³-hybridized carbons (Fsp3) is 0.667. The molecule has 2 aliphatic rings. The largest absolute Gasteiger partial charge is 0.342 e. The molecule has 0 unspecified atom stereocenters. The summed E-state index contributed by atoms with van der Waals surface area (Å²) in [5, 5.41) is 0. The first-order chi connectivity index (χ1) is 6.03. The Hall–Kier alpha value is -0.870. The summed E-state index contributed by atoms with van der Waals surface area (Å²) in [6.45, 7) is 7.74. The average Bonchev–Trinajstić information content (AvgIpc) is 2.47. The summed E-state index contributed by atoms with van der Waals surface area (Å²) in [6, 6.07) is 0. The maximum atomic E-state index is 11.6. The van der Waals surface area contributed by atoms with Crippen molar-refractivity contribution >= 4 is 5.91 Å². The summed E-state index contributed by atoms with van der Waals surface area (Å²) < 4.78 is 11.0. The van der Waals surface area contributed by atoms with Crippen LogP contribution in [0.2, 0.25) is 0 Å². The lowest BCUT2D eigenvalue weighted by Crippen LogP contribution is -2.31. The zero-order valence-corrected chi connectivity index (χ0v) is 7.82. The van der Waals surface area contributed by atoms with Crippen LogP contribution in [0.25, 0.3) is 0 Å². The summed E-state index contributed by atoms with van der Waals surface area (Å²) >= 11 is 0. The van der Waals surface area contributed by atoms with Gasteiger partial charge in [0.15, 0.2) is 11.9 Å². The van der Waals surface area contributed by atoms with Crippen LogP contribution in [0.4, 0.5) is 0 Å². The summed E-state index contributed by atoms with van der Waals surface area (Å²) in [6.07, 6.45) is 0.939. The minimum absolute atomic E-state index is 0.0504. The minimum atomic E-state index is -0.627. The van der Waals surface area contributed by atoms with Gasteiger partial charge in [-0.1, -0.05) is 6.58 Å². The molecule has 2 aliphatic heterocycles. The molecule has 0 bridgehead atoms. The number of rotatable bonds is 1. The Morgan fingerprint density at radius 1 is 1.62 bits per heavy atom. The van der Waals surface area contributed by atoms with Crippen molar-refractivity contribution in [3.63, 3.8) is 0 Å². The highest BCUT2D eigenvalue weighted by Gasteiger charge is 2.51. The molecule has 0 N–H and O–H groups in total. The molecule has 4 nitrogen and oxygen atoms in total. The summed E-state index contributed by atoms with van der Waals surface area (Å²) in [5.74, 6) is -0.677. The van der Waals surface area contributed by atoms with Crippen LogP contribution in [0.15, 0.2) is 12.8 Å². The Morgan fingerprint density at radius 2 is 2.31 bits per heavy atom. The third-order valence-corrected chi connectivity index (χ3v) is 2.31. The fourth-order valence-electron chi connectivity index (χ4n) is 1.79. The summed E-state index contributed by atoms with van der Waals surface area (Å²) in [7, 11) is 0. The average molecular weight is 183 g/mol. The van der Waals surface area contributed by atoms with Crippen molar-refractivity contribution in [2.24, 2.45) is 0 Å². The molecule has 2 atom stereocenters. The van der Waals surface area contributed by atoms with Crippen molar-refractivity contribution in [1.29, 1.82) is 0 Å². The summed E-state index contributed by atoms with van der Waals surface area (Å²) in [4.78, 5) is 13.1. The Labute approximate surface area is 77.1 Å². The van der Waals surface area contributed by atoms with E-state index in [1.165, 1.54) is 11.1 Å². The van der Waals surface area contributed by atoms with Crippen molar-refractivity contribution in [2.75, 3.05) is 6.54 Å². The molecule has 0 spiro atoms. The molecular formula is C9H13NO3. The van der Waals surface area contributed by atoms with E-state index in [4.69, 9.17) is 9.47 Å². The van der Waals surface area contributed by atoms with E-state index in [0.29, 0.717) is 6.54 Å². The number of hydrogen-bond donors (Lipinski definition) is 0. The second-order valence-corrected chi connectivity index (χ2v) is 3.77. The predicted octanol–water partition coefficient (Wildman–Crippen LogP) is 0.492. The molecule has 2 fully saturated rings. The highest BCUT2D eigenvalue weighted by atomic mass is 16.8. The SMILES string of the molecule is C=CN1C[C@@H]2OC(C)(C)O[C@@H]2C1=O. The molecule has 0 aromatic heterocycles. The molecule has 2 saturated heterocycles. The number of carbonyl (C=O) groups is 1. The van der Waals surface area contributed by atoms with Crippen molar-refractivity contribution in [3.05, 3.63) is 12.8 Å². The van der Waals surface area contributed by atoms with E-state index in [1.54, 1.807) is 0 Å². The third-order valence-electron chi connectivity index (χ3n) is 2.31. The highest BCUT2D eigenvalue weighted by molar-refractivity contribution is 5.85.